The van der Waals surface area contributed by atoms with E-state index in [2.05, 4.69) is 5.32 Å². The molecule has 1 aliphatic rings. The summed E-state index contributed by atoms with van der Waals surface area (Å²) >= 11 is 0. The van der Waals surface area contributed by atoms with Gasteiger partial charge in [-0.3, -0.25) is 4.79 Å². The maximum atomic E-state index is 11.5. The number of nitrogens with one attached hydrogen (secondary N) is 1. The second kappa shape index (κ2) is 4.35. The molecule has 0 unspecified atom stereocenters. The molecule has 2 N–H and O–H groups in total. The first kappa shape index (κ1) is 10.7. The highest BCUT2D eigenvalue weighted by Gasteiger charge is 2.24. The van der Waals surface area contributed by atoms with Gasteiger partial charge < -0.3 is 10.4 Å². The van der Waals surface area contributed by atoms with Crippen LogP contribution in [0.15, 0.2) is 24.3 Å². The van der Waals surface area contributed by atoms with Crippen LogP contribution >= 0.6 is 0 Å². The fourth-order valence-corrected chi connectivity index (χ4v) is 1.49. The van der Waals surface area contributed by atoms with Crippen molar-refractivity contribution >= 4 is 17.6 Å². The van der Waals surface area contributed by atoms with E-state index < -0.39 is 5.97 Å². The maximum absolute atomic E-state index is 11.5. The Morgan fingerprint density at radius 2 is 1.88 bits per heavy atom. The van der Waals surface area contributed by atoms with Crippen LogP contribution in [0.1, 0.15) is 29.6 Å². The van der Waals surface area contributed by atoms with Gasteiger partial charge in [0.05, 0.1) is 5.56 Å². The molecule has 0 aromatic heterocycles. The summed E-state index contributed by atoms with van der Waals surface area (Å²) in [6.45, 7) is 0. The third kappa shape index (κ3) is 2.82. The largest absolute Gasteiger partial charge is 0.478 e. The van der Waals surface area contributed by atoms with E-state index in [1.165, 1.54) is 12.1 Å². The first-order valence-electron chi connectivity index (χ1n) is 5.28. The second-order valence-corrected chi connectivity index (χ2v) is 4.08. The number of anilines is 1. The molecule has 16 heavy (non-hydrogen) atoms. The molecule has 0 spiro atoms. The van der Waals surface area contributed by atoms with Gasteiger partial charge in [-0.2, -0.15) is 0 Å². The van der Waals surface area contributed by atoms with Crippen LogP contribution in [0.3, 0.4) is 0 Å². The highest BCUT2D eigenvalue weighted by Crippen LogP contribution is 2.32. The minimum absolute atomic E-state index is 0.00516. The molecule has 0 aliphatic heterocycles. The van der Waals surface area contributed by atoms with Crippen LogP contribution in [0.4, 0.5) is 5.69 Å². The minimum Gasteiger partial charge on any atom is -0.478 e. The Morgan fingerprint density at radius 1 is 1.25 bits per heavy atom. The lowest BCUT2D eigenvalue weighted by atomic mass is 10.2. The zero-order valence-electron chi connectivity index (χ0n) is 8.77. The van der Waals surface area contributed by atoms with Crippen LogP contribution in [0.5, 0.6) is 0 Å². The van der Waals surface area contributed by atoms with Crippen molar-refractivity contribution < 1.29 is 14.7 Å². The van der Waals surface area contributed by atoms with Crippen molar-refractivity contribution in [3.63, 3.8) is 0 Å². The van der Waals surface area contributed by atoms with E-state index in [0.717, 1.165) is 12.8 Å². The number of carboxylic acids is 1. The van der Waals surface area contributed by atoms with Gasteiger partial charge in [0.15, 0.2) is 0 Å². The molecule has 1 saturated carbocycles. The van der Waals surface area contributed by atoms with Crippen molar-refractivity contribution in [2.45, 2.75) is 19.3 Å². The number of hydrogen-bond acceptors (Lipinski definition) is 2. The van der Waals surface area contributed by atoms with Gasteiger partial charge in [0, 0.05) is 12.1 Å². The van der Waals surface area contributed by atoms with E-state index >= 15 is 0 Å². The van der Waals surface area contributed by atoms with Gasteiger partial charge in [-0.1, -0.05) is 0 Å². The summed E-state index contributed by atoms with van der Waals surface area (Å²) in [5.74, 6) is -0.403. The lowest BCUT2D eigenvalue weighted by molar-refractivity contribution is -0.116. The number of carboxylic acid groups (broad SMARTS) is 1. The highest BCUT2D eigenvalue weighted by atomic mass is 16.4. The molecule has 0 atom stereocenters. The first-order valence-corrected chi connectivity index (χ1v) is 5.28. The molecule has 0 heterocycles. The summed E-state index contributed by atoms with van der Waals surface area (Å²) in [4.78, 5) is 22.1. The van der Waals surface area contributed by atoms with Crippen LogP contribution in [-0.4, -0.2) is 17.0 Å². The van der Waals surface area contributed by atoms with Gasteiger partial charge >= 0.3 is 5.97 Å². The van der Waals surface area contributed by atoms with Crippen molar-refractivity contribution in [1.29, 1.82) is 0 Å². The Balaban J connectivity index is 1.93. The molecule has 1 fully saturated rings. The van der Waals surface area contributed by atoms with Gasteiger partial charge in [0.1, 0.15) is 0 Å². The molecule has 0 bridgehead atoms. The molecule has 1 aromatic carbocycles. The van der Waals surface area contributed by atoms with E-state index in [-0.39, 0.29) is 11.5 Å². The van der Waals surface area contributed by atoms with Gasteiger partial charge in [-0.25, -0.2) is 4.79 Å². The van der Waals surface area contributed by atoms with E-state index in [1.807, 2.05) is 0 Å². The number of carbonyl (C=O) groups excluding carboxylic acids is 1. The molecular weight excluding hydrogens is 206 g/mol. The third-order valence-electron chi connectivity index (χ3n) is 2.59. The Kier molecular flexibility index (Phi) is 2.90. The average molecular weight is 219 g/mol. The van der Waals surface area contributed by atoms with Crippen LogP contribution in [0.2, 0.25) is 0 Å². The predicted octanol–water partition coefficient (Wildman–Crippen LogP) is 2.12. The fourth-order valence-electron chi connectivity index (χ4n) is 1.49. The Bertz CT molecular complexity index is 407. The van der Waals surface area contributed by atoms with Crippen molar-refractivity contribution in [1.82, 2.24) is 0 Å². The average Bonchev–Trinajstić information content (AvgIpc) is 3.02. The normalized spacial score (nSPS) is 14.5. The molecule has 1 aromatic rings. The van der Waals surface area contributed by atoms with Crippen LogP contribution in [0.25, 0.3) is 0 Å². The molecular formula is C12H13NO3. The second-order valence-electron chi connectivity index (χ2n) is 4.08. The standard InChI is InChI=1S/C12H13NO3/c14-11(7-8-1-2-8)13-10-5-3-9(4-6-10)12(15)16/h3-6,8H,1-2,7H2,(H,13,14)(H,15,16). The summed E-state index contributed by atoms with van der Waals surface area (Å²) in [6.07, 6.45) is 2.86. The quantitative estimate of drug-likeness (QED) is 0.815. The molecule has 84 valence electrons. The Labute approximate surface area is 93.3 Å². The van der Waals surface area contributed by atoms with E-state index in [4.69, 9.17) is 5.11 Å². The fraction of sp³-hybridized carbons (Fsp3) is 0.333. The van der Waals surface area contributed by atoms with Crippen LogP contribution in [-0.2, 0) is 4.79 Å². The van der Waals surface area contributed by atoms with E-state index in [1.54, 1.807) is 12.1 Å². The van der Waals surface area contributed by atoms with Crippen LogP contribution < -0.4 is 5.32 Å². The molecule has 4 heteroatoms. The summed E-state index contributed by atoms with van der Waals surface area (Å²) < 4.78 is 0. The Morgan fingerprint density at radius 3 is 2.38 bits per heavy atom. The zero-order valence-corrected chi connectivity index (χ0v) is 8.77. The summed E-state index contributed by atoms with van der Waals surface area (Å²) in [5, 5.41) is 11.4. The number of carbonyl (C=O) groups is 2. The van der Waals surface area contributed by atoms with Gasteiger partial charge in [0.2, 0.25) is 5.91 Å². The lowest BCUT2D eigenvalue weighted by Crippen LogP contribution is -2.11. The smallest absolute Gasteiger partial charge is 0.335 e. The molecule has 0 saturated heterocycles. The van der Waals surface area contributed by atoms with E-state index in [0.29, 0.717) is 18.0 Å². The number of benzene rings is 1. The zero-order chi connectivity index (χ0) is 11.5. The third-order valence-corrected chi connectivity index (χ3v) is 2.59. The van der Waals surface area contributed by atoms with Crippen molar-refractivity contribution in [3.05, 3.63) is 29.8 Å². The lowest BCUT2D eigenvalue weighted by Gasteiger charge is -2.04. The number of amides is 1. The van der Waals surface area contributed by atoms with Crippen molar-refractivity contribution in [2.24, 2.45) is 5.92 Å². The molecule has 0 radical (unpaired) electrons. The van der Waals surface area contributed by atoms with Crippen molar-refractivity contribution in [3.8, 4) is 0 Å². The summed E-state index contributed by atoms with van der Waals surface area (Å²) in [6, 6.07) is 6.17. The molecule has 2 rings (SSSR count). The van der Waals surface area contributed by atoms with Gasteiger partial charge in [-0.05, 0) is 43.0 Å². The maximum Gasteiger partial charge on any atom is 0.335 e. The highest BCUT2D eigenvalue weighted by molar-refractivity contribution is 5.92. The number of aromatic carboxylic acids is 1. The Hall–Kier alpha value is -1.84. The minimum atomic E-state index is -0.962. The topological polar surface area (TPSA) is 66.4 Å². The van der Waals surface area contributed by atoms with Crippen molar-refractivity contribution in [2.75, 3.05) is 5.32 Å². The summed E-state index contributed by atoms with van der Waals surface area (Å²) in [5.41, 5.74) is 0.871. The monoisotopic (exact) mass is 219 g/mol. The summed E-state index contributed by atoms with van der Waals surface area (Å²) in [7, 11) is 0. The molecule has 4 nitrogen and oxygen atoms in total. The molecule has 1 amide bonds. The SMILES string of the molecule is O=C(CC1CC1)Nc1ccc(C(=O)O)cc1. The first-order chi connectivity index (χ1) is 7.65. The number of hydrogen-bond donors (Lipinski definition) is 2. The van der Waals surface area contributed by atoms with Gasteiger partial charge in [0.25, 0.3) is 0 Å². The van der Waals surface area contributed by atoms with E-state index in [9.17, 15) is 9.59 Å². The van der Waals surface area contributed by atoms with Crippen LogP contribution in [0, 0.1) is 5.92 Å². The predicted molar refractivity (Wildman–Crippen MR) is 59.4 cm³/mol. The van der Waals surface area contributed by atoms with Gasteiger partial charge in [-0.15, -0.1) is 0 Å². The molecule has 1 aliphatic carbocycles. The number of rotatable bonds is 4.